The fourth-order valence-electron chi connectivity index (χ4n) is 3.40. The molecule has 2 saturated heterocycles. The zero-order chi connectivity index (χ0) is 15.9. The van der Waals surface area contributed by atoms with Gasteiger partial charge in [0.1, 0.15) is 0 Å². The van der Waals surface area contributed by atoms with Crippen LogP contribution >= 0.6 is 0 Å². The number of ether oxygens (including phenoxy) is 1. The molecule has 0 aromatic heterocycles. The Morgan fingerprint density at radius 3 is 2.50 bits per heavy atom. The van der Waals surface area contributed by atoms with Crippen molar-refractivity contribution in [3.8, 4) is 0 Å². The minimum atomic E-state index is -3.09. The van der Waals surface area contributed by atoms with Gasteiger partial charge >= 0.3 is 5.97 Å². The molecule has 3 rings (SSSR count). The van der Waals surface area contributed by atoms with Gasteiger partial charge in [0.05, 0.1) is 29.4 Å². The Labute approximate surface area is 129 Å². The summed E-state index contributed by atoms with van der Waals surface area (Å²) in [4.78, 5) is 25.2. The van der Waals surface area contributed by atoms with E-state index in [-0.39, 0.29) is 29.6 Å². The number of carbonyl (C=O) groups excluding carboxylic acids is 1. The van der Waals surface area contributed by atoms with Gasteiger partial charge in [-0.2, -0.15) is 0 Å². The van der Waals surface area contributed by atoms with Crippen LogP contribution in [-0.2, 0) is 24.2 Å². The Hall–Kier alpha value is -1.15. The molecule has 1 saturated carbocycles. The molecule has 0 bridgehead atoms. The van der Waals surface area contributed by atoms with Crippen LogP contribution in [-0.4, -0.2) is 67.1 Å². The van der Waals surface area contributed by atoms with Crippen LogP contribution in [0.25, 0.3) is 0 Å². The van der Waals surface area contributed by atoms with Gasteiger partial charge in [0.25, 0.3) is 0 Å². The Bertz CT molecular complexity index is 568. The zero-order valence-electron chi connectivity index (χ0n) is 12.3. The second kappa shape index (κ2) is 5.81. The third-order valence-electron chi connectivity index (χ3n) is 4.78. The highest BCUT2D eigenvalue weighted by Crippen LogP contribution is 2.41. The van der Waals surface area contributed by atoms with Crippen molar-refractivity contribution in [2.24, 2.45) is 11.8 Å². The SMILES string of the molecule is O=C(O)[C@@H]1C[C@@H]1C(=O)N(C[C@@H]1CCCO1)[C@H]1CCS(=O)(=O)C1. The molecule has 2 aliphatic heterocycles. The lowest BCUT2D eigenvalue weighted by Crippen LogP contribution is -2.46. The standard InChI is InChI=1S/C14H21NO6S/c16-13(11-6-12(11)14(17)18)15(7-10-2-1-4-21-10)9-3-5-22(19,20)8-9/h9-12H,1-8H2,(H,17,18)/t9-,10-,11-,12+/m0/s1. The van der Waals surface area contributed by atoms with E-state index in [0.29, 0.717) is 26.0 Å². The van der Waals surface area contributed by atoms with E-state index in [4.69, 9.17) is 9.84 Å². The van der Waals surface area contributed by atoms with Crippen molar-refractivity contribution in [2.75, 3.05) is 24.7 Å². The highest BCUT2D eigenvalue weighted by Gasteiger charge is 2.51. The van der Waals surface area contributed by atoms with E-state index in [1.807, 2.05) is 0 Å². The molecule has 124 valence electrons. The molecule has 1 amide bonds. The maximum Gasteiger partial charge on any atom is 0.307 e. The molecule has 7 nitrogen and oxygen atoms in total. The van der Waals surface area contributed by atoms with Crippen LogP contribution in [0.4, 0.5) is 0 Å². The smallest absolute Gasteiger partial charge is 0.307 e. The number of sulfone groups is 1. The zero-order valence-corrected chi connectivity index (χ0v) is 13.1. The normalized spacial score (nSPS) is 36.2. The number of aliphatic carboxylic acids is 1. The first kappa shape index (κ1) is 15.7. The number of amides is 1. The summed E-state index contributed by atoms with van der Waals surface area (Å²) < 4.78 is 29.0. The van der Waals surface area contributed by atoms with E-state index >= 15 is 0 Å². The lowest BCUT2D eigenvalue weighted by atomic mass is 10.1. The molecule has 22 heavy (non-hydrogen) atoms. The molecule has 1 aliphatic carbocycles. The maximum atomic E-state index is 12.6. The summed E-state index contributed by atoms with van der Waals surface area (Å²) in [6.45, 7) is 1.04. The summed E-state index contributed by atoms with van der Waals surface area (Å²) in [6.07, 6.45) is 2.53. The summed E-state index contributed by atoms with van der Waals surface area (Å²) in [5.74, 6) is -2.20. The molecule has 0 aromatic rings. The molecule has 0 radical (unpaired) electrons. The Morgan fingerprint density at radius 2 is 2.00 bits per heavy atom. The Balaban J connectivity index is 1.71. The molecule has 4 atom stereocenters. The molecule has 0 unspecified atom stereocenters. The first-order valence-electron chi connectivity index (χ1n) is 7.73. The van der Waals surface area contributed by atoms with Gasteiger partial charge in [0, 0.05) is 19.2 Å². The third kappa shape index (κ3) is 3.27. The van der Waals surface area contributed by atoms with E-state index in [2.05, 4.69) is 0 Å². The highest BCUT2D eigenvalue weighted by atomic mass is 32.2. The maximum absolute atomic E-state index is 12.6. The van der Waals surface area contributed by atoms with Gasteiger partial charge in [-0.25, -0.2) is 8.42 Å². The minimum absolute atomic E-state index is 0.0179. The molecule has 1 N–H and O–H groups in total. The monoisotopic (exact) mass is 331 g/mol. The van der Waals surface area contributed by atoms with Gasteiger partial charge in [0.15, 0.2) is 9.84 Å². The number of hydrogen-bond donors (Lipinski definition) is 1. The molecule has 8 heteroatoms. The van der Waals surface area contributed by atoms with Crippen molar-refractivity contribution in [1.82, 2.24) is 4.90 Å². The van der Waals surface area contributed by atoms with E-state index < -0.39 is 27.6 Å². The molecule has 3 fully saturated rings. The van der Waals surface area contributed by atoms with Gasteiger partial charge in [0.2, 0.25) is 5.91 Å². The summed E-state index contributed by atoms with van der Waals surface area (Å²) in [5.41, 5.74) is 0. The predicted molar refractivity (Wildman–Crippen MR) is 77.0 cm³/mol. The highest BCUT2D eigenvalue weighted by molar-refractivity contribution is 7.91. The van der Waals surface area contributed by atoms with Gasteiger partial charge in [-0.15, -0.1) is 0 Å². The minimum Gasteiger partial charge on any atom is -0.481 e. The second-order valence-electron chi connectivity index (χ2n) is 6.47. The number of carboxylic acids is 1. The Kier molecular flexibility index (Phi) is 4.15. The van der Waals surface area contributed by atoms with Crippen LogP contribution in [0.2, 0.25) is 0 Å². The van der Waals surface area contributed by atoms with E-state index in [0.717, 1.165) is 12.8 Å². The van der Waals surface area contributed by atoms with Crippen LogP contribution in [0.5, 0.6) is 0 Å². The number of rotatable bonds is 5. The second-order valence-corrected chi connectivity index (χ2v) is 8.70. The quantitative estimate of drug-likeness (QED) is 0.755. The third-order valence-corrected chi connectivity index (χ3v) is 6.53. The van der Waals surface area contributed by atoms with Gasteiger partial charge in [-0.1, -0.05) is 0 Å². The lowest BCUT2D eigenvalue weighted by molar-refractivity contribution is -0.143. The van der Waals surface area contributed by atoms with Gasteiger partial charge < -0.3 is 14.7 Å². The summed E-state index contributed by atoms with van der Waals surface area (Å²) in [6, 6.07) is -0.336. The molecule has 0 aromatic carbocycles. The first-order valence-corrected chi connectivity index (χ1v) is 9.55. The average molecular weight is 331 g/mol. The van der Waals surface area contributed by atoms with E-state index in [1.165, 1.54) is 0 Å². The number of carbonyl (C=O) groups is 2. The largest absolute Gasteiger partial charge is 0.481 e. The van der Waals surface area contributed by atoms with Crippen LogP contribution < -0.4 is 0 Å². The molecular formula is C14H21NO6S. The molecular weight excluding hydrogens is 310 g/mol. The van der Waals surface area contributed by atoms with Crippen LogP contribution in [0.3, 0.4) is 0 Å². The molecule has 0 spiro atoms. The van der Waals surface area contributed by atoms with Gasteiger partial charge in [-0.3, -0.25) is 9.59 Å². The number of hydrogen-bond acceptors (Lipinski definition) is 5. The van der Waals surface area contributed by atoms with E-state index in [1.54, 1.807) is 4.90 Å². The van der Waals surface area contributed by atoms with Crippen LogP contribution in [0.15, 0.2) is 0 Å². The Morgan fingerprint density at radius 1 is 1.23 bits per heavy atom. The topological polar surface area (TPSA) is 101 Å². The fraction of sp³-hybridized carbons (Fsp3) is 0.857. The van der Waals surface area contributed by atoms with Crippen LogP contribution in [0, 0.1) is 11.8 Å². The average Bonchev–Trinajstić information content (AvgIpc) is 2.95. The van der Waals surface area contributed by atoms with Crippen molar-refractivity contribution < 1.29 is 27.9 Å². The first-order chi connectivity index (χ1) is 10.4. The molecule has 2 heterocycles. The summed E-state index contributed by atoms with van der Waals surface area (Å²) in [5, 5.41) is 9.00. The van der Waals surface area contributed by atoms with Crippen molar-refractivity contribution >= 4 is 21.7 Å². The fourth-order valence-corrected chi connectivity index (χ4v) is 5.13. The van der Waals surface area contributed by atoms with Crippen LogP contribution in [0.1, 0.15) is 25.7 Å². The predicted octanol–water partition coefficient (Wildman–Crippen LogP) is -0.0982. The van der Waals surface area contributed by atoms with Gasteiger partial charge in [-0.05, 0) is 25.7 Å². The van der Waals surface area contributed by atoms with Crippen molar-refractivity contribution in [3.05, 3.63) is 0 Å². The van der Waals surface area contributed by atoms with Crippen molar-refractivity contribution in [2.45, 2.75) is 37.8 Å². The van der Waals surface area contributed by atoms with E-state index in [9.17, 15) is 18.0 Å². The van der Waals surface area contributed by atoms with Crippen molar-refractivity contribution in [1.29, 1.82) is 0 Å². The van der Waals surface area contributed by atoms with Crippen molar-refractivity contribution in [3.63, 3.8) is 0 Å². The summed E-state index contributed by atoms with van der Waals surface area (Å²) in [7, 11) is -3.09. The summed E-state index contributed by atoms with van der Waals surface area (Å²) >= 11 is 0. The number of nitrogens with zero attached hydrogens (tertiary/aromatic N) is 1. The lowest BCUT2D eigenvalue weighted by Gasteiger charge is -2.30. The molecule has 3 aliphatic rings. The number of carboxylic acid groups (broad SMARTS) is 1.